The number of nitrogens with zero attached hydrogens (tertiary/aromatic N) is 1. The van der Waals surface area contributed by atoms with Crippen molar-refractivity contribution in [2.45, 2.75) is 6.54 Å². The fourth-order valence-corrected chi connectivity index (χ4v) is 2.56. The smallest absolute Gasteiger partial charge is 0.172 e. The average molecular weight is 333 g/mol. The lowest BCUT2D eigenvalue weighted by molar-refractivity contribution is 0.371. The second-order valence-electron chi connectivity index (χ2n) is 4.94. The number of phenolic OH excluding ortho intramolecular Hbond substituents is 1. The first-order valence-corrected chi connectivity index (χ1v) is 7.31. The molecule has 1 heterocycles. The molecule has 0 fully saturated rings. The Morgan fingerprint density at radius 3 is 2.87 bits per heavy atom. The standard InChI is InChI=1S/C17H14ClFN2O2/c1-23-14-4-2-3-10(17(14)22)9-21-13-6-5-11-12(18)7-8-20-16(11)15(13)19/h2-8,21-22H,9H2,1H3. The van der Waals surface area contributed by atoms with Crippen LogP contribution in [0.5, 0.6) is 11.5 Å². The van der Waals surface area contributed by atoms with Crippen molar-refractivity contribution >= 4 is 28.2 Å². The molecule has 2 aromatic carbocycles. The van der Waals surface area contributed by atoms with Crippen LogP contribution in [0.3, 0.4) is 0 Å². The number of nitrogens with one attached hydrogen (secondary N) is 1. The van der Waals surface area contributed by atoms with Crippen LogP contribution < -0.4 is 10.1 Å². The van der Waals surface area contributed by atoms with Gasteiger partial charge in [-0.05, 0) is 24.3 Å². The molecule has 4 nitrogen and oxygen atoms in total. The molecule has 6 heteroatoms. The summed E-state index contributed by atoms with van der Waals surface area (Å²) in [5.41, 5.74) is 1.09. The second-order valence-corrected chi connectivity index (χ2v) is 5.34. The minimum absolute atomic E-state index is 0.0323. The van der Waals surface area contributed by atoms with Gasteiger partial charge in [0, 0.05) is 23.7 Å². The quantitative estimate of drug-likeness (QED) is 0.745. The fraction of sp³-hybridized carbons (Fsp3) is 0.118. The number of phenols is 1. The number of para-hydroxylation sites is 1. The van der Waals surface area contributed by atoms with Gasteiger partial charge in [-0.1, -0.05) is 23.7 Å². The summed E-state index contributed by atoms with van der Waals surface area (Å²) in [5, 5.41) is 14.0. The Morgan fingerprint density at radius 2 is 2.09 bits per heavy atom. The highest BCUT2D eigenvalue weighted by molar-refractivity contribution is 6.35. The van der Waals surface area contributed by atoms with Crippen LogP contribution in [0.2, 0.25) is 5.02 Å². The monoisotopic (exact) mass is 332 g/mol. The topological polar surface area (TPSA) is 54.4 Å². The summed E-state index contributed by atoms with van der Waals surface area (Å²) in [7, 11) is 1.48. The Bertz CT molecular complexity index is 871. The minimum atomic E-state index is -0.479. The van der Waals surface area contributed by atoms with Crippen molar-refractivity contribution in [3.63, 3.8) is 0 Å². The Kier molecular flexibility index (Phi) is 4.21. The molecule has 0 radical (unpaired) electrons. The maximum atomic E-state index is 14.5. The van der Waals surface area contributed by atoms with Crippen molar-refractivity contribution in [3.8, 4) is 11.5 Å². The second kappa shape index (κ2) is 6.30. The van der Waals surface area contributed by atoms with Gasteiger partial charge in [0.05, 0.1) is 17.8 Å². The van der Waals surface area contributed by atoms with Crippen molar-refractivity contribution < 1.29 is 14.2 Å². The first-order chi connectivity index (χ1) is 11.1. The number of fused-ring (bicyclic) bond motifs is 1. The molecule has 2 N–H and O–H groups in total. The largest absolute Gasteiger partial charge is 0.504 e. The molecular weight excluding hydrogens is 319 g/mol. The van der Waals surface area contributed by atoms with Crippen LogP contribution in [0.25, 0.3) is 10.9 Å². The summed E-state index contributed by atoms with van der Waals surface area (Å²) < 4.78 is 19.6. The average Bonchev–Trinajstić information content (AvgIpc) is 2.56. The third kappa shape index (κ3) is 2.87. The van der Waals surface area contributed by atoms with Gasteiger partial charge < -0.3 is 15.2 Å². The van der Waals surface area contributed by atoms with E-state index in [1.54, 1.807) is 36.4 Å². The third-order valence-electron chi connectivity index (χ3n) is 3.57. The van der Waals surface area contributed by atoms with Gasteiger partial charge in [0.1, 0.15) is 5.52 Å². The molecule has 0 atom stereocenters. The van der Waals surface area contributed by atoms with E-state index in [4.69, 9.17) is 16.3 Å². The van der Waals surface area contributed by atoms with Crippen LogP contribution >= 0.6 is 11.6 Å². The summed E-state index contributed by atoms with van der Waals surface area (Å²) >= 11 is 6.03. The van der Waals surface area contributed by atoms with Gasteiger partial charge >= 0.3 is 0 Å². The van der Waals surface area contributed by atoms with Gasteiger partial charge in [-0.3, -0.25) is 4.98 Å². The number of hydrogen-bond acceptors (Lipinski definition) is 4. The number of anilines is 1. The highest BCUT2D eigenvalue weighted by Gasteiger charge is 2.12. The molecule has 0 aliphatic rings. The van der Waals surface area contributed by atoms with Gasteiger partial charge in [-0.15, -0.1) is 0 Å². The molecular formula is C17H14ClFN2O2. The first kappa shape index (κ1) is 15.4. The zero-order chi connectivity index (χ0) is 16.4. The van der Waals surface area contributed by atoms with E-state index in [2.05, 4.69) is 10.3 Å². The highest BCUT2D eigenvalue weighted by atomic mass is 35.5. The van der Waals surface area contributed by atoms with E-state index in [1.165, 1.54) is 13.3 Å². The number of rotatable bonds is 4. The summed E-state index contributed by atoms with van der Waals surface area (Å²) in [6.45, 7) is 0.242. The highest BCUT2D eigenvalue weighted by Crippen LogP contribution is 2.31. The van der Waals surface area contributed by atoms with Crippen molar-refractivity contribution in [2.75, 3.05) is 12.4 Å². The van der Waals surface area contributed by atoms with E-state index < -0.39 is 5.82 Å². The molecule has 0 spiro atoms. The summed E-state index contributed by atoms with van der Waals surface area (Å²) in [6.07, 6.45) is 1.46. The Morgan fingerprint density at radius 1 is 1.26 bits per heavy atom. The zero-order valence-electron chi connectivity index (χ0n) is 12.3. The number of pyridine rings is 1. The van der Waals surface area contributed by atoms with E-state index >= 15 is 0 Å². The van der Waals surface area contributed by atoms with Crippen LogP contribution in [0, 0.1) is 5.82 Å². The van der Waals surface area contributed by atoms with Crippen molar-refractivity contribution in [3.05, 3.63) is 59.0 Å². The number of halogens is 2. The van der Waals surface area contributed by atoms with E-state index in [0.29, 0.717) is 21.7 Å². The van der Waals surface area contributed by atoms with Gasteiger partial charge in [-0.25, -0.2) is 4.39 Å². The van der Waals surface area contributed by atoms with Crippen LogP contribution in [-0.2, 0) is 6.54 Å². The molecule has 0 aliphatic heterocycles. The Hall–Kier alpha value is -2.53. The third-order valence-corrected chi connectivity index (χ3v) is 3.90. The van der Waals surface area contributed by atoms with Crippen molar-refractivity contribution in [1.29, 1.82) is 0 Å². The number of benzene rings is 2. The molecule has 0 saturated carbocycles. The van der Waals surface area contributed by atoms with Gasteiger partial charge in [0.25, 0.3) is 0 Å². The number of aromatic nitrogens is 1. The molecule has 0 aliphatic carbocycles. The lowest BCUT2D eigenvalue weighted by Gasteiger charge is -2.12. The molecule has 118 valence electrons. The van der Waals surface area contributed by atoms with Crippen LogP contribution in [0.4, 0.5) is 10.1 Å². The number of methoxy groups -OCH3 is 1. The maximum Gasteiger partial charge on any atom is 0.172 e. The maximum absolute atomic E-state index is 14.5. The summed E-state index contributed by atoms with van der Waals surface area (Å²) in [6, 6.07) is 10.1. The fourth-order valence-electron chi connectivity index (χ4n) is 2.35. The van der Waals surface area contributed by atoms with Crippen LogP contribution in [-0.4, -0.2) is 17.2 Å². The molecule has 1 aromatic heterocycles. The van der Waals surface area contributed by atoms with Crippen molar-refractivity contribution in [1.82, 2.24) is 4.98 Å². The lowest BCUT2D eigenvalue weighted by atomic mass is 10.1. The van der Waals surface area contributed by atoms with E-state index in [1.807, 2.05) is 0 Å². The van der Waals surface area contributed by atoms with E-state index in [9.17, 15) is 9.50 Å². The SMILES string of the molecule is COc1cccc(CNc2ccc3c(Cl)ccnc3c2F)c1O. The molecule has 0 unspecified atom stereocenters. The summed E-state index contributed by atoms with van der Waals surface area (Å²) in [4.78, 5) is 4.03. The number of ether oxygens (including phenoxy) is 1. The number of hydrogen-bond donors (Lipinski definition) is 2. The normalized spacial score (nSPS) is 10.7. The Balaban J connectivity index is 1.90. The molecule has 0 amide bonds. The van der Waals surface area contributed by atoms with Crippen LogP contribution in [0.15, 0.2) is 42.6 Å². The Labute approximate surface area is 137 Å². The van der Waals surface area contributed by atoms with Crippen LogP contribution in [0.1, 0.15) is 5.56 Å². The molecule has 23 heavy (non-hydrogen) atoms. The lowest BCUT2D eigenvalue weighted by Crippen LogP contribution is -2.03. The number of aromatic hydroxyl groups is 1. The van der Waals surface area contributed by atoms with Gasteiger partial charge in [0.2, 0.25) is 0 Å². The summed E-state index contributed by atoms with van der Waals surface area (Å²) in [5.74, 6) is -0.0750. The first-order valence-electron chi connectivity index (χ1n) is 6.93. The molecule has 0 bridgehead atoms. The van der Waals surface area contributed by atoms with E-state index in [-0.39, 0.29) is 23.5 Å². The van der Waals surface area contributed by atoms with Gasteiger partial charge in [-0.2, -0.15) is 0 Å². The zero-order valence-corrected chi connectivity index (χ0v) is 13.1. The predicted molar refractivity (Wildman–Crippen MR) is 88.7 cm³/mol. The van der Waals surface area contributed by atoms with Crippen molar-refractivity contribution in [2.24, 2.45) is 0 Å². The molecule has 0 saturated heterocycles. The predicted octanol–water partition coefficient (Wildman–Crippen LogP) is 4.35. The minimum Gasteiger partial charge on any atom is -0.504 e. The van der Waals surface area contributed by atoms with Gasteiger partial charge in [0.15, 0.2) is 17.3 Å². The molecule has 3 rings (SSSR count). The van der Waals surface area contributed by atoms with E-state index in [0.717, 1.165) is 0 Å². The molecule has 3 aromatic rings.